The number of hydrogen-bond acceptors (Lipinski definition) is 5. The van der Waals surface area contributed by atoms with Crippen molar-refractivity contribution in [3.63, 3.8) is 0 Å². The van der Waals surface area contributed by atoms with E-state index in [1.54, 1.807) is 49.4 Å². The van der Waals surface area contributed by atoms with Crippen LogP contribution in [0.1, 0.15) is 15.9 Å². The second-order valence-electron chi connectivity index (χ2n) is 5.03. The first-order valence-corrected chi connectivity index (χ1v) is 6.97. The standard InChI is InChI=1S/C18H14O5/c1-11-8-17(19)23-16-7-6-14(10-15(11)16)22-18(20)12-4-3-5-13(9-12)21-2/h3-10H,1-2H3. The Morgan fingerprint density at radius 2 is 1.87 bits per heavy atom. The summed E-state index contributed by atoms with van der Waals surface area (Å²) in [6, 6.07) is 13.0. The van der Waals surface area contributed by atoms with Crippen LogP contribution >= 0.6 is 0 Å². The number of aryl methyl sites for hydroxylation is 1. The van der Waals surface area contributed by atoms with E-state index < -0.39 is 11.6 Å². The van der Waals surface area contributed by atoms with Crippen molar-refractivity contribution in [2.75, 3.05) is 7.11 Å². The molecule has 0 radical (unpaired) electrons. The maximum absolute atomic E-state index is 12.2. The normalized spacial score (nSPS) is 10.5. The van der Waals surface area contributed by atoms with Crippen molar-refractivity contribution >= 4 is 16.9 Å². The van der Waals surface area contributed by atoms with Crippen LogP contribution in [-0.2, 0) is 0 Å². The Labute approximate surface area is 132 Å². The van der Waals surface area contributed by atoms with Crippen molar-refractivity contribution in [2.24, 2.45) is 0 Å². The summed E-state index contributed by atoms with van der Waals surface area (Å²) in [5.41, 5.74) is 1.20. The number of benzene rings is 2. The molecule has 0 fully saturated rings. The van der Waals surface area contributed by atoms with Gasteiger partial charge in [0.05, 0.1) is 12.7 Å². The summed E-state index contributed by atoms with van der Waals surface area (Å²) in [7, 11) is 1.53. The van der Waals surface area contributed by atoms with Gasteiger partial charge in [-0.2, -0.15) is 0 Å². The molecule has 3 rings (SSSR count). The molecule has 0 saturated carbocycles. The molecule has 0 aliphatic carbocycles. The molecule has 1 heterocycles. The molecule has 0 N–H and O–H groups in total. The third-order valence-corrected chi connectivity index (χ3v) is 3.44. The summed E-state index contributed by atoms with van der Waals surface area (Å²) in [5.74, 6) is 0.469. The Hall–Kier alpha value is -3.08. The second-order valence-corrected chi connectivity index (χ2v) is 5.03. The smallest absolute Gasteiger partial charge is 0.343 e. The van der Waals surface area contributed by atoms with Crippen LogP contribution in [0.15, 0.2) is 57.7 Å². The predicted octanol–water partition coefficient (Wildman–Crippen LogP) is 3.33. The zero-order valence-corrected chi connectivity index (χ0v) is 12.7. The molecule has 3 aromatic rings. The molecule has 0 amide bonds. The molecule has 0 atom stereocenters. The van der Waals surface area contributed by atoms with Gasteiger partial charge in [0.2, 0.25) is 0 Å². The average Bonchev–Trinajstić information content (AvgIpc) is 2.55. The number of carbonyl (C=O) groups excluding carboxylic acids is 1. The zero-order chi connectivity index (χ0) is 16.4. The maximum atomic E-state index is 12.2. The van der Waals surface area contributed by atoms with E-state index in [1.165, 1.54) is 13.2 Å². The first-order chi connectivity index (χ1) is 11.1. The monoisotopic (exact) mass is 310 g/mol. The van der Waals surface area contributed by atoms with Crippen molar-refractivity contribution in [3.8, 4) is 11.5 Å². The average molecular weight is 310 g/mol. The van der Waals surface area contributed by atoms with E-state index in [1.807, 2.05) is 0 Å². The molecular weight excluding hydrogens is 296 g/mol. The number of rotatable bonds is 3. The lowest BCUT2D eigenvalue weighted by molar-refractivity contribution is 0.0734. The summed E-state index contributed by atoms with van der Waals surface area (Å²) in [6.07, 6.45) is 0. The number of hydrogen-bond donors (Lipinski definition) is 0. The minimum Gasteiger partial charge on any atom is -0.497 e. The molecule has 5 heteroatoms. The molecule has 1 aromatic heterocycles. The fourth-order valence-corrected chi connectivity index (χ4v) is 2.28. The highest BCUT2D eigenvalue weighted by Crippen LogP contribution is 2.23. The topological polar surface area (TPSA) is 65.7 Å². The van der Waals surface area contributed by atoms with Crippen molar-refractivity contribution < 1.29 is 18.7 Å². The number of methoxy groups -OCH3 is 1. The number of carbonyl (C=O) groups is 1. The first-order valence-electron chi connectivity index (χ1n) is 6.97. The molecule has 116 valence electrons. The van der Waals surface area contributed by atoms with Gasteiger partial charge >= 0.3 is 11.6 Å². The summed E-state index contributed by atoms with van der Waals surface area (Å²) in [6.45, 7) is 1.80. The third-order valence-electron chi connectivity index (χ3n) is 3.44. The van der Waals surface area contributed by atoms with Crippen molar-refractivity contribution in [1.29, 1.82) is 0 Å². The molecule has 0 aliphatic heterocycles. The minimum atomic E-state index is -0.488. The van der Waals surface area contributed by atoms with Crippen molar-refractivity contribution in [3.05, 3.63) is 70.1 Å². The van der Waals surface area contributed by atoms with Crippen LogP contribution in [0.5, 0.6) is 11.5 Å². The predicted molar refractivity (Wildman–Crippen MR) is 85.2 cm³/mol. The molecule has 2 aromatic carbocycles. The second kappa shape index (κ2) is 5.96. The van der Waals surface area contributed by atoms with E-state index in [0.717, 1.165) is 10.9 Å². The van der Waals surface area contributed by atoms with Gasteiger partial charge < -0.3 is 13.9 Å². The van der Waals surface area contributed by atoms with E-state index in [9.17, 15) is 9.59 Å². The van der Waals surface area contributed by atoms with Gasteiger partial charge in [-0.15, -0.1) is 0 Å². The molecule has 5 nitrogen and oxygen atoms in total. The largest absolute Gasteiger partial charge is 0.497 e. The van der Waals surface area contributed by atoms with Gasteiger partial charge in [-0.25, -0.2) is 9.59 Å². The van der Waals surface area contributed by atoms with Crippen LogP contribution in [0.4, 0.5) is 0 Å². The number of esters is 1. The van der Waals surface area contributed by atoms with Crippen LogP contribution in [0.3, 0.4) is 0 Å². The fraction of sp³-hybridized carbons (Fsp3) is 0.111. The summed E-state index contributed by atoms with van der Waals surface area (Å²) in [5, 5.41) is 0.723. The number of ether oxygens (including phenoxy) is 2. The fourth-order valence-electron chi connectivity index (χ4n) is 2.28. The molecule has 23 heavy (non-hydrogen) atoms. The Morgan fingerprint density at radius 1 is 1.04 bits per heavy atom. The highest BCUT2D eigenvalue weighted by Gasteiger charge is 2.11. The lowest BCUT2D eigenvalue weighted by atomic mass is 10.1. The van der Waals surface area contributed by atoms with Gasteiger partial charge in [-0.3, -0.25) is 0 Å². The molecule has 0 bridgehead atoms. The quantitative estimate of drug-likeness (QED) is 0.422. The zero-order valence-electron chi connectivity index (χ0n) is 12.7. The molecule has 0 unspecified atom stereocenters. The van der Waals surface area contributed by atoms with Gasteiger partial charge in [0.15, 0.2) is 0 Å². The SMILES string of the molecule is COc1cccc(C(=O)Oc2ccc3oc(=O)cc(C)c3c2)c1. The van der Waals surface area contributed by atoms with Gasteiger partial charge in [0.25, 0.3) is 0 Å². The first kappa shape index (κ1) is 14.8. The third kappa shape index (κ3) is 3.08. The molecule has 0 spiro atoms. The van der Waals surface area contributed by atoms with Crippen LogP contribution in [0.25, 0.3) is 11.0 Å². The van der Waals surface area contributed by atoms with E-state index in [0.29, 0.717) is 22.6 Å². The van der Waals surface area contributed by atoms with Crippen LogP contribution < -0.4 is 15.1 Å². The van der Waals surface area contributed by atoms with E-state index in [4.69, 9.17) is 13.9 Å². The summed E-state index contributed by atoms with van der Waals surface area (Å²) < 4.78 is 15.6. The van der Waals surface area contributed by atoms with Gasteiger partial charge in [-0.05, 0) is 48.9 Å². The van der Waals surface area contributed by atoms with Crippen molar-refractivity contribution in [2.45, 2.75) is 6.92 Å². The Bertz CT molecular complexity index is 940. The van der Waals surface area contributed by atoms with Crippen LogP contribution in [0.2, 0.25) is 0 Å². The lowest BCUT2D eigenvalue weighted by Crippen LogP contribution is -2.08. The summed E-state index contributed by atoms with van der Waals surface area (Å²) >= 11 is 0. The van der Waals surface area contributed by atoms with E-state index >= 15 is 0 Å². The van der Waals surface area contributed by atoms with Gasteiger partial charge in [0.1, 0.15) is 17.1 Å². The van der Waals surface area contributed by atoms with E-state index in [-0.39, 0.29) is 0 Å². The molecular formula is C18H14O5. The summed E-state index contributed by atoms with van der Waals surface area (Å²) in [4.78, 5) is 23.6. The highest BCUT2D eigenvalue weighted by molar-refractivity contribution is 5.92. The van der Waals surface area contributed by atoms with Gasteiger partial charge in [0, 0.05) is 11.5 Å². The maximum Gasteiger partial charge on any atom is 0.343 e. The Kier molecular flexibility index (Phi) is 3.85. The number of fused-ring (bicyclic) bond motifs is 1. The Balaban J connectivity index is 1.91. The Morgan fingerprint density at radius 3 is 2.65 bits per heavy atom. The van der Waals surface area contributed by atoms with Gasteiger partial charge in [-0.1, -0.05) is 6.07 Å². The minimum absolute atomic E-state index is 0.377. The lowest BCUT2D eigenvalue weighted by Gasteiger charge is -2.07. The van der Waals surface area contributed by atoms with Crippen molar-refractivity contribution in [1.82, 2.24) is 0 Å². The molecule has 0 aliphatic rings. The van der Waals surface area contributed by atoms with Crippen LogP contribution in [0, 0.1) is 6.92 Å². The van der Waals surface area contributed by atoms with E-state index in [2.05, 4.69) is 0 Å². The highest BCUT2D eigenvalue weighted by atomic mass is 16.5. The molecule has 0 saturated heterocycles. The van der Waals surface area contributed by atoms with Crippen LogP contribution in [-0.4, -0.2) is 13.1 Å².